The van der Waals surface area contributed by atoms with Gasteiger partial charge in [0.2, 0.25) is 0 Å². The van der Waals surface area contributed by atoms with E-state index in [1.54, 1.807) is 12.4 Å². The fraction of sp³-hybridized carbons (Fsp3) is 0.759. The van der Waals surface area contributed by atoms with Crippen molar-refractivity contribution >= 4 is 32.7 Å². The quantitative estimate of drug-likeness (QED) is 0.423. The smallest absolute Gasteiger partial charge is 0.157 e. The van der Waals surface area contributed by atoms with Crippen LogP contribution in [0.2, 0.25) is 0 Å². The lowest BCUT2D eigenvalue weighted by atomic mass is 9.44. The van der Waals surface area contributed by atoms with Gasteiger partial charge in [-0.25, -0.2) is 0 Å². The van der Waals surface area contributed by atoms with Crippen LogP contribution in [-0.4, -0.2) is 34.3 Å². The van der Waals surface area contributed by atoms with Crippen LogP contribution >= 0.6 is 15.9 Å². The van der Waals surface area contributed by atoms with Gasteiger partial charge >= 0.3 is 0 Å². The van der Waals surface area contributed by atoms with Crippen LogP contribution in [-0.2, 0) is 16.1 Å². The Morgan fingerprint density at radius 2 is 2.00 bits per heavy atom. The van der Waals surface area contributed by atoms with Gasteiger partial charge in [-0.1, -0.05) is 20.3 Å². The van der Waals surface area contributed by atoms with Crippen molar-refractivity contribution in [2.24, 2.45) is 46.3 Å². The van der Waals surface area contributed by atoms with Crippen LogP contribution in [0.1, 0.15) is 71.6 Å². The highest BCUT2D eigenvalue weighted by Crippen LogP contribution is 2.68. The third-order valence-corrected chi connectivity index (χ3v) is 11.6. The van der Waals surface area contributed by atoms with Crippen LogP contribution in [0.3, 0.4) is 0 Å². The average molecular weight is 543 g/mol. The summed E-state index contributed by atoms with van der Waals surface area (Å²) in [5, 5.41) is 4.52. The Balaban J connectivity index is 1.24. The van der Waals surface area contributed by atoms with Crippen molar-refractivity contribution in [1.82, 2.24) is 14.8 Å². The van der Waals surface area contributed by atoms with Gasteiger partial charge in [-0.05, 0) is 114 Å². The van der Waals surface area contributed by atoms with E-state index in [0.717, 1.165) is 52.2 Å². The third kappa shape index (κ3) is 3.75. The molecule has 2 heterocycles. The summed E-state index contributed by atoms with van der Waals surface area (Å²) in [6.45, 7) is 6.20. The molecule has 0 N–H and O–H groups in total. The van der Waals surface area contributed by atoms with E-state index in [-0.39, 0.29) is 11.3 Å². The zero-order valence-electron chi connectivity index (χ0n) is 21.5. The van der Waals surface area contributed by atoms with E-state index in [9.17, 15) is 4.79 Å². The molecule has 0 amide bonds. The highest BCUT2D eigenvalue weighted by Gasteiger charge is 2.62. The predicted molar refractivity (Wildman–Crippen MR) is 141 cm³/mol. The molecule has 0 saturated heterocycles. The molecule has 5 nitrogen and oxygen atoms in total. The first kappa shape index (κ1) is 24.1. The van der Waals surface area contributed by atoms with Gasteiger partial charge < -0.3 is 4.74 Å². The molecule has 190 valence electrons. The Morgan fingerprint density at radius 3 is 2.83 bits per heavy atom. The zero-order chi connectivity index (χ0) is 24.4. The fourth-order valence-electron chi connectivity index (χ4n) is 9.66. The molecule has 4 aliphatic carbocycles. The number of ketones is 1. The van der Waals surface area contributed by atoms with Crippen LogP contribution < -0.4 is 0 Å². The monoisotopic (exact) mass is 541 g/mol. The summed E-state index contributed by atoms with van der Waals surface area (Å²) >= 11 is 3.52. The average Bonchev–Trinajstić information content (AvgIpc) is 3.39. The molecule has 6 heteroatoms. The number of Topliss-reactive ketones (excluding diaryl/α,β-unsaturated/α-hetero) is 1. The first-order valence-electron chi connectivity index (χ1n) is 13.8. The van der Waals surface area contributed by atoms with Gasteiger partial charge in [0.1, 0.15) is 12.1 Å². The van der Waals surface area contributed by atoms with E-state index >= 15 is 0 Å². The molecular formula is C29H40BrN3O2. The van der Waals surface area contributed by atoms with E-state index in [1.807, 2.05) is 17.9 Å². The predicted octanol–water partition coefficient (Wildman–Crippen LogP) is 6.68. The SMILES string of the molecule is COCC12CCC(C)CC1CCC1C3CCC(C(=O)Cn4ncc5ncc(Br)cc54)C3(C)CCC12. The minimum absolute atomic E-state index is 0.128. The number of ether oxygens (including phenoxy) is 1. The number of aromatic nitrogens is 3. The van der Waals surface area contributed by atoms with Crippen molar-refractivity contribution < 1.29 is 9.53 Å². The van der Waals surface area contributed by atoms with Crippen molar-refractivity contribution in [1.29, 1.82) is 0 Å². The zero-order valence-corrected chi connectivity index (χ0v) is 23.1. The molecule has 4 fully saturated rings. The van der Waals surface area contributed by atoms with Crippen molar-refractivity contribution in [3.8, 4) is 0 Å². The maximum atomic E-state index is 13.8. The van der Waals surface area contributed by atoms with Crippen molar-refractivity contribution in [3.05, 3.63) is 22.9 Å². The van der Waals surface area contributed by atoms with E-state index < -0.39 is 0 Å². The van der Waals surface area contributed by atoms with Crippen molar-refractivity contribution in [3.63, 3.8) is 0 Å². The Kier molecular flexibility index (Phi) is 6.15. The highest BCUT2D eigenvalue weighted by atomic mass is 79.9. The summed E-state index contributed by atoms with van der Waals surface area (Å²) in [4.78, 5) is 18.2. The second kappa shape index (κ2) is 8.93. The van der Waals surface area contributed by atoms with Gasteiger partial charge in [-0.15, -0.1) is 0 Å². The highest BCUT2D eigenvalue weighted by molar-refractivity contribution is 9.10. The van der Waals surface area contributed by atoms with Gasteiger partial charge in [0, 0.05) is 23.7 Å². The number of halogens is 1. The molecule has 2 aromatic heterocycles. The van der Waals surface area contributed by atoms with Gasteiger partial charge in [0.15, 0.2) is 5.78 Å². The van der Waals surface area contributed by atoms with Crippen molar-refractivity contribution in [2.75, 3.05) is 13.7 Å². The second-order valence-electron chi connectivity index (χ2n) is 12.7. The van der Waals surface area contributed by atoms with Gasteiger partial charge in [-0.2, -0.15) is 5.10 Å². The lowest BCUT2D eigenvalue weighted by Crippen LogP contribution is -2.56. The summed E-state index contributed by atoms with van der Waals surface area (Å²) in [6.07, 6.45) is 15.1. The molecule has 4 aliphatic rings. The largest absolute Gasteiger partial charge is 0.384 e. The number of fused-ring (bicyclic) bond motifs is 6. The maximum absolute atomic E-state index is 13.8. The number of carbonyl (C=O) groups is 1. The summed E-state index contributed by atoms with van der Waals surface area (Å²) in [6, 6.07) is 2.02. The molecule has 2 aromatic rings. The molecular weight excluding hydrogens is 502 g/mol. The van der Waals surface area contributed by atoms with Crippen LogP contribution in [0.25, 0.3) is 11.0 Å². The standard InChI is InChI=1S/C29H40BrN3O2/c1-18-8-11-29(17-35-3)19(12-18)4-5-21-22-6-7-24(28(22,2)10-9-23(21)29)27(34)16-33-26-13-20(30)14-31-25(26)15-32-33/h13-15,18-19,21-24H,4-12,16-17H2,1-3H3. The lowest BCUT2D eigenvalue weighted by molar-refractivity contribution is -0.154. The number of hydrogen-bond donors (Lipinski definition) is 0. The first-order chi connectivity index (χ1) is 16.9. The first-order valence-corrected chi connectivity index (χ1v) is 14.6. The number of hydrogen-bond acceptors (Lipinski definition) is 4. The number of pyridine rings is 1. The summed E-state index contributed by atoms with van der Waals surface area (Å²) in [7, 11) is 1.91. The number of rotatable bonds is 5. The molecule has 8 unspecified atom stereocenters. The molecule has 0 aliphatic heterocycles. The van der Waals surface area contributed by atoms with Crippen molar-refractivity contribution in [2.45, 2.75) is 78.2 Å². The Bertz CT molecular complexity index is 1120. The van der Waals surface area contributed by atoms with Gasteiger partial charge in [0.25, 0.3) is 0 Å². The summed E-state index contributed by atoms with van der Waals surface area (Å²) < 4.78 is 8.73. The molecule has 0 aromatic carbocycles. The Hall–Kier alpha value is -1.27. The molecule has 0 radical (unpaired) electrons. The maximum Gasteiger partial charge on any atom is 0.157 e. The van der Waals surface area contributed by atoms with Crippen LogP contribution in [0.15, 0.2) is 22.9 Å². The number of nitrogens with zero attached hydrogens (tertiary/aromatic N) is 3. The Morgan fingerprint density at radius 1 is 1.14 bits per heavy atom. The third-order valence-electron chi connectivity index (χ3n) is 11.2. The molecule has 35 heavy (non-hydrogen) atoms. The minimum atomic E-state index is 0.128. The Labute approximate surface area is 217 Å². The molecule has 4 saturated carbocycles. The number of methoxy groups -OCH3 is 1. The molecule has 6 rings (SSSR count). The normalized spacial score (nSPS) is 40.8. The fourth-order valence-corrected chi connectivity index (χ4v) is 9.98. The molecule has 0 spiro atoms. The number of carbonyl (C=O) groups excluding carboxylic acids is 1. The van der Waals surface area contributed by atoms with E-state index in [1.165, 1.54) is 51.4 Å². The van der Waals surface area contributed by atoms with E-state index in [2.05, 4.69) is 39.9 Å². The topological polar surface area (TPSA) is 57.0 Å². The van der Waals surface area contributed by atoms with Crippen LogP contribution in [0.5, 0.6) is 0 Å². The second-order valence-corrected chi connectivity index (χ2v) is 13.6. The summed E-state index contributed by atoms with van der Waals surface area (Å²) in [5.74, 6) is 4.42. The minimum Gasteiger partial charge on any atom is -0.384 e. The van der Waals surface area contributed by atoms with Crippen LogP contribution in [0.4, 0.5) is 0 Å². The molecule has 0 bridgehead atoms. The van der Waals surface area contributed by atoms with Gasteiger partial charge in [0.05, 0.1) is 18.3 Å². The van der Waals surface area contributed by atoms with E-state index in [0.29, 0.717) is 23.7 Å². The van der Waals surface area contributed by atoms with Gasteiger partial charge in [-0.3, -0.25) is 14.5 Å². The lowest BCUT2D eigenvalue weighted by Gasteiger charge is -2.61. The van der Waals surface area contributed by atoms with Crippen LogP contribution in [0, 0.1) is 46.3 Å². The summed E-state index contributed by atoms with van der Waals surface area (Å²) in [5.41, 5.74) is 2.28. The van der Waals surface area contributed by atoms with E-state index in [4.69, 9.17) is 4.74 Å². The molecule has 8 atom stereocenters.